The number of carbonyl (C=O) groups is 1. The van der Waals surface area contributed by atoms with Crippen LogP contribution in [0.1, 0.15) is 33.1 Å². The van der Waals surface area contributed by atoms with E-state index in [1.807, 2.05) is 0 Å². The van der Waals surface area contributed by atoms with Gasteiger partial charge in [0, 0.05) is 6.04 Å². The number of amides is 1. The molecule has 0 aromatic carbocycles. The van der Waals surface area contributed by atoms with Gasteiger partial charge in [0.05, 0.1) is 0 Å². The van der Waals surface area contributed by atoms with E-state index in [0.717, 1.165) is 0 Å². The Morgan fingerprint density at radius 3 is 2.67 bits per heavy atom. The quantitative estimate of drug-likeness (QED) is 0.614. The van der Waals surface area contributed by atoms with Crippen molar-refractivity contribution in [1.29, 1.82) is 0 Å². The summed E-state index contributed by atoms with van der Waals surface area (Å²) in [5, 5.41) is 2.87. The Labute approximate surface area is 73.7 Å². The number of nitrogens with one attached hydrogen (secondary N) is 1. The van der Waals surface area contributed by atoms with Crippen molar-refractivity contribution in [3.05, 3.63) is 0 Å². The maximum atomic E-state index is 11.0. The SMILES string of the molecule is CC#CC(=O)N[C@H](C)C1CCC1. The Bertz CT molecular complexity index is 220. The second-order valence-corrected chi connectivity index (χ2v) is 3.33. The van der Waals surface area contributed by atoms with Crippen LogP contribution < -0.4 is 5.32 Å². The van der Waals surface area contributed by atoms with E-state index in [0.29, 0.717) is 12.0 Å². The predicted molar refractivity (Wildman–Crippen MR) is 48.4 cm³/mol. The Hall–Kier alpha value is -0.970. The molecule has 0 aromatic heterocycles. The minimum absolute atomic E-state index is 0.142. The number of hydrogen-bond donors (Lipinski definition) is 1. The lowest BCUT2D eigenvalue weighted by Gasteiger charge is -2.31. The van der Waals surface area contributed by atoms with Crippen molar-refractivity contribution in [3.63, 3.8) is 0 Å². The van der Waals surface area contributed by atoms with E-state index in [2.05, 4.69) is 24.1 Å². The van der Waals surface area contributed by atoms with Gasteiger partial charge in [-0.05, 0) is 38.5 Å². The number of hydrogen-bond acceptors (Lipinski definition) is 1. The first kappa shape index (κ1) is 9.12. The summed E-state index contributed by atoms with van der Waals surface area (Å²) >= 11 is 0. The summed E-state index contributed by atoms with van der Waals surface area (Å²) in [6.07, 6.45) is 3.81. The molecule has 0 aliphatic heterocycles. The van der Waals surface area contributed by atoms with Crippen LogP contribution in [0.2, 0.25) is 0 Å². The highest BCUT2D eigenvalue weighted by Gasteiger charge is 2.24. The summed E-state index contributed by atoms with van der Waals surface area (Å²) in [4.78, 5) is 11.0. The second-order valence-electron chi connectivity index (χ2n) is 3.33. The van der Waals surface area contributed by atoms with Gasteiger partial charge in [-0.1, -0.05) is 12.3 Å². The van der Waals surface area contributed by atoms with Crippen LogP contribution in [0.15, 0.2) is 0 Å². The Morgan fingerprint density at radius 2 is 2.25 bits per heavy atom. The Morgan fingerprint density at radius 1 is 1.58 bits per heavy atom. The molecule has 1 amide bonds. The molecule has 1 fully saturated rings. The molecule has 0 bridgehead atoms. The lowest BCUT2D eigenvalue weighted by atomic mass is 9.80. The molecule has 1 atom stereocenters. The first-order valence-electron chi connectivity index (χ1n) is 4.47. The molecular weight excluding hydrogens is 150 g/mol. The molecule has 0 heterocycles. The highest BCUT2D eigenvalue weighted by molar-refractivity contribution is 5.93. The van der Waals surface area contributed by atoms with E-state index in [-0.39, 0.29) is 5.91 Å². The molecule has 1 aliphatic carbocycles. The van der Waals surface area contributed by atoms with Gasteiger partial charge >= 0.3 is 0 Å². The van der Waals surface area contributed by atoms with Gasteiger partial charge < -0.3 is 5.32 Å². The van der Waals surface area contributed by atoms with Crippen LogP contribution in [-0.4, -0.2) is 11.9 Å². The summed E-state index contributed by atoms with van der Waals surface area (Å²) in [6, 6.07) is 0.298. The van der Waals surface area contributed by atoms with E-state index < -0.39 is 0 Å². The number of rotatable bonds is 2. The normalized spacial score (nSPS) is 18.5. The smallest absolute Gasteiger partial charge is 0.296 e. The van der Waals surface area contributed by atoms with Crippen LogP contribution in [0.4, 0.5) is 0 Å². The van der Waals surface area contributed by atoms with Crippen LogP contribution in [0.25, 0.3) is 0 Å². The fourth-order valence-corrected chi connectivity index (χ4v) is 1.41. The third-order valence-electron chi connectivity index (χ3n) is 2.45. The highest BCUT2D eigenvalue weighted by atomic mass is 16.1. The zero-order valence-electron chi connectivity index (χ0n) is 7.68. The molecule has 0 saturated heterocycles. The minimum atomic E-state index is -0.142. The topological polar surface area (TPSA) is 29.1 Å². The molecule has 1 aliphatic rings. The van der Waals surface area contributed by atoms with Crippen molar-refractivity contribution in [2.75, 3.05) is 0 Å². The van der Waals surface area contributed by atoms with E-state index >= 15 is 0 Å². The van der Waals surface area contributed by atoms with Gasteiger partial charge in [-0.15, -0.1) is 0 Å². The van der Waals surface area contributed by atoms with Crippen molar-refractivity contribution in [2.45, 2.75) is 39.2 Å². The third-order valence-corrected chi connectivity index (χ3v) is 2.45. The summed E-state index contributed by atoms with van der Waals surface area (Å²) in [5.41, 5.74) is 0. The fraction of sp³-hybridized carbons (Fsp3) is 0.700. The van der Waals surface area contributed by atoms with Gasteiger partial charge in [0.25, 0.3) is 5.91 Å². The molecule has 1 rings (SSSR count). The van der Waals surface area contributed by atoms with Crippen molar-refractivity contribution >= 4 is 5.91 Å². The van der Waals surface area contributed by atoms with Crippen molar-refractivity contribution in [1.82, 2.24) is 5.32 Å². The minimum Gasteiger partial charge on any atom is -0.343 e. The average Bonchev–Trinajstić information content (AvgIpc) is 1.82. The van der Waals surface area contributed by atoms with Crippen molar-refractivity contribution < 1.29 is 4.79 Å². The maximum absolute atomic E-state index is 11.0. The van der Waals surface area contributed by atoms with Gasteiger partial charge in [0.1, 0.15) is 0 Å². The third kappa shape index (κ3) is 2.27. The molecule has 0 aromatic rings. The van der Waals surface area contributed by atoms with Crippen LogP contribution in [0.3, 0.4) is 0 Å². The van der Waals surface area contributed by atoms with Gasteiger partial charge in [0.2, 0.25) is 0 Å². The molecule has 2 nitrogen and oxygen atoms in total. The summed E-state index contributed by atoms with van der Waals surface area (Å²) in [6.45, 7) is 3.73. The molecule has 1 N–H and O–H groups in total. The van der Waals surface area contributed by atoms with Crippen molar-refractivity contribution in [3.8, 4) is 11.8 Å². The first-order chi connectivity index (χ1) is 5.74. The standard InChI is InChI=1S/C10H15NO/c1-3-5-10(12)11-8(2)9-6-4-7-9/h8-9H,4,6-7H2,1-2H3,(H,11,12)/t8-/m1/s1. The Balaban J connectivity index is 2.27. The molecule has 0 unspecified atom stereocenters. The summed E-state index contributed by atoms with van der Waals surface area (Å²) < 4.78 is 0. The van der Waals surface area contributed by atoms with Gasteiger partial charge in [0.15, 0.2) is 0 Å². The highest BCUT2D eigenvalue weighted by Crippen LogP contribution is 2.29. The molecule has 2 heteroatoms. The molecular formula is C10H15NO. The molecule has 12 heavy (non-hydrogen) atoms. The largest absolute Gasteiger partial charge is 0.343 e. The van der Waals surface area contributed by atoms with Crippen molar-refractivity contribution in [2.24, 2.45) is 5.92 Å². The van der Waals surface area contributed by atoms with Crippen LogP contribution >= 0.6 is 0 Å². The zero-order chi connectivity index (χ0) is 8.97. The van der Waals surface area contributed by atoms with Crippen LogP contribution in [0.5, 0.6) is 0 Å². The lowest BCUT2D eigenvalue weighted by Crippen LogP contribution is -2.40. The van der Waals surface area contributed by atoms with E-state index in [9.17, 15) is 4.79 Å². The average molecular weight is 165 g/mol. The predicted octanol–water partition coefficient (Wildman–Crippen LogP) is 1.31. The van der Waals surface area contributed by atoms with Crippen LogP contribution in [0, 0.1) is 17.8 Å². The van der Waals surface area contributed by atoms with E-state index in [4.69, 9.17) is 0 Å². The zero-order valence-corrected chi connectivity index (χ0v) is 7.68. The van der Waals surface area contributed by atoms with E-state index in [1.165, 1.54) is 19.3 Å². The van der Waals surface area contributed by atoms with Gasteiger partial charge in [-0.3, -0.25) is 4.79 Å². The first-order valence-corrected chi connectivity index (χ1v) is 4.47. The molecule has 1 saturated carbocycles. The van der Waals surface area contributed by atoms with Crippen LogP contribution in [-0.2, 0) is 4.79 Å². The Kier molecular flexibility index (Phi) is 3.16. The maximum Gasteiger partial charge on any atom is 0.296 e. The molecule has 0 radical (unpaired) electrons. The number of carbonyl (C=O) groups excluding carboxylic acids is 1. The van der Waals surface area contributed by atoms with E-state index in [1.54, 1.807) is 6.92 Å². The lowest BCUT2D eigenvalue weighted by molar-refractivity contribution is -0.116. The summed E-state index contributed by atoms with van der Waals surface area (Å²) in [5.74, 6) is 5.61. The van der Waals surface area contributed by atoms with Gasteiger partial charge in [-0.25, -0.2) is 0 Å². The molecule has 66 valence electrons. The monoisotopic (exact) mass is 165 g/mol. The fourth-order valence-electron chi connectivity index (χ4n) is 1.41. The summed E-state index contributed by atoms with van der Waals surface area (Å²) in [7, 11) is 0. The second kappa shape index (κ2) is 4.15. The molecule has 0 spiro atoms. The van der Waals surface area contributed by atoms with Gasteiger partial charge in [-0.2, -0.15) is 0 Å².